The van der Waals surface area contributed by atoms with Crippen molar-refractivity contribution in [2.24, 2.45) is 0 Å². The van der Waals surface area contributed by atoms with E-state index in [0.717, 1.165) is 45.2 Å². The Balaban J connectivity index is 1.10. The molecule has 4 aliphatic rings. The van der Waals surface area contributed by atoms with Gasteiger partial charge in [0.05, 0.1) is 15.9 Å². The summed E-state index contributed by atoms with van der Waals surface area (Å²) in [6, 6.07) is 78.1. The summed E-state index contributed by atoms with van der Waals surface area (Å²) in [5.41, 5.74) is 22.6. The molecule has 1 aliphatic carbocycles. The minimum atomic E-state index is -0.342. The minimum Gasteiger partial charge on any atom is -0.450 e. The fourth-order valence-electron chi connectivity index (χ4n) is 13.3. The van der Waals surface area contributed by atoms with E-state index in [1.165, 1.54) is 81.2 Å². The zero-order valence-electron chi connectivity index (χ0n) is 42.9. The van der Waals surface area contributed by atoms with E-state index in [1.807, 2.05) is 35.6 Å². The number of nitrogens with zero attached hydrogens (tertiary/aromatic N) is 3. The van der Waals surface area contributed by atoms with Gasteiger partial charge >= 0.3 is 6.85 Å². The topological polar surface area (TPSA) is 29.9 Å². The summed E-state index contributed by atoms with van der Waals surface area (Å²) in [4.78, 5) is 5.02. The third-order valence-electron chi connectivity index (χ3n) is 16.7. The molecule has 0 fully saturated rings. The Morgan fingerprint density at radius 2 is 1.14 bits per heavy atom. The van der Waals surface area contributed by atoms with Crippen molar-refractivity contribution in [2.75, 3.05) is 9.80 Å². The lowest BCUT2D eigenvalue weighted by molar-refractivity contribution is 0.360. The number of hydrogen-bond acceptors (Lipinski definition) is 5. The molecule has 0 spiro atoms. The van der Waals surface area contributed by atoms with E-state index in [0.29, 0.717) is 23.0 Å². The number of aromatic nitrogens is 1. The molecular formula is C69H50BN3O2S. The summed E-state index contributed by atoms with van der Waals surface area (Å²) in [6.07, 6.45) is 0. The maximum absolute atomic E-state index is 6.95. The van der Waals surface area contributed by atoms with E-state index in [1.54, 1.807) is 0 Å². The molecule has 0 unspecified atom stereocenters. The SMILES string of the molecule is CC(C)(C)c1ccc(N2c3cc4c(cc3B3c5c2cc2c(c5-c5cc(N(c6ccccc6)c6ccccc6)cc6c7sc8ccccc8c7n3c56)C(C)(C)c3ccccc3-2)Oc2ccccc2O4)c(-c2ccccc2)c1. The van der Waals surface area contributed by atoms with Crippen molar-refractivity contribution >= 4 is 94.4 Å². The second-order valence-corrected chi connectivity index (χ2v) is 23.5. The van der Waals surface area contributed by atoms with Crippen molar-refractivity contribution < 1.29 is 9.47 Å². The van der Waals surface area contributed by atoms with E-state index >= 15 is 0 Å². The standard InChI is InChI=1S/C69H50BN3O2S/c1-68(2,3)42-33-34-54(48(35-42)41-21-9-6-10-22-41)72-55-40-60-59(74-57-30-18-19-31-58(57)75-60)39-53(55)70-64-56(72)38-49-46-27-15-17-29-52(46)69(4,5)63(49)62(64)50-36-45(71(43-23-11-7-12-24-43)44-25-13-8-14-26-44)37-51-65(50)73(70)66-47-28-16-20-32-61(47)76-67(51)66/h6-40H,1-5H3. The van der Waals surface area contributed by atoms with Crippen LogP contribution in [0.25, 0.3) is 64.6 Å². The van der Waals surface area contributed by atoms with Crippen molar-refractivity contribution in [2.45, 2.75) is 45.4 Å². The molecule has 0 radical (unpaired) electrons. The molecule has 0 saturated carbocycles. The van der Waals surface area contributed by atoms with Crippen molar-refractivity contribution in [1.82, 2.24) is 4.48 Å². The second-order valence-electron chi connectivity index (χ2n) is 22.4. The van der Waals surface area contributed by atoms with Crippen LogP contribution < -0.4 is 30.2 Å². The van der Waals surface area contributed by atoms with Crippen molar-refractivity contribution in [3.05, 3.63) is 229 Å². The fourth-order valence-corrected chi connectivity index (χ4v) is 14.5. The van der Waals surface area contributed by atoms with Gasteiger partial charge in [-0.2, -0.15) is 0 Å². The molecule has 76 heavy (non-hydrogen) atoms. The second kappa shape index (κ2) is 15.6. The van der Waals surface area contributed by atoms with Crippen molar-refractivity contribution in [1.29, 1.82) is 0 Å². The highest BCUT2D eigenvalue weighted by Crippen LogP contribution is 2.60. The van der Waals surface area contributed by atoms with Crippen LogP contribution in [-0.2, 0) is 10.8 Å². The number of fused-ring (bicyclic) bond motifs is 15. The molecule has 7 heteroatoms. The van der Waals surface area contributed by atoms with Crippen LogP contribution in [-0.4, -0.2) is 11.3 Å². The average Bonchev–Trinajstić information content (AvgIpc) is 4.00. The van der Waals surface area contributed by atoms with Crippen LogP contribution in [0.2, 0.25) is 0 Å². The lowest BCUT2D eigenvalue weighted by atomic mass is 9.44. The molecule has 10 aromatic carbocycles. The molecule has 0 amide bonds. The van der Waals surface area contributed by atoms with Gasteiger partial charge in [-0.25, -0.2) is 0 Å². The van der Waals surface area contributed by atoms with Crippen LogP contribution in [0.5, 0.6) is 23.0 Å². The summed E-state index contributed by atoms with van der Waals surface area (Å²) in [6.45, 7) is 11.6. The van der Waals surface area contributed by atoms with Gasteiger partial charge in [-0.3, -0.25) is 0 Å². The van der Waals surface area contributed by atoms with Crippen molar-refractivity contribution in [3.8, 4) is 56.4 Å². The lowest BCUT2D eigenvalue weighted by Crippen LogP contribution is -2.57. The molecule has 0 bridgehead atoms. The summed E-state index contributed by atoms with van der Waals surface area (Å²) in [7, 11) is 0. The van der Waals surface area contributed by atoms with E-state index in [2.05, 4.69) is 237 Å². The number of hydrogen-bond donors (Lipinski definition) is 0. The molecule has 0 atom stereocenters. The Bertz CT molecular complexity index is 4400. The summed E-state index contributed by atoms with van der Waals surface area (Å²) < 4.78 is 19.1. The number of benzene rings is 10. The van der Waals surface area contributed by atoms with Crippen LogP contribution >= 0.6 is 11.3 Å². The largest absolute Gasteiger partial charge is 0.450 e. The summed E-state index contributed by atoms with van der Waals surface area (Å²) in [5, 5.41) is 2.51. The molecule has 0 N–H and O–H groups in total. The van der Waals surface area contributed by atoms with Crippen molar-refractivity contribution in [3.63, 3.8) is 0 Å². The van der Waals surface area contributed by atoms with Gasteiger partial charge in [0.15, 0.2) is 23.0 Å². The first kappa shape index (κ1) is 43.6. The van der Waals surface area contributed by atoms with Gasteiger partial charge in [0, 0.05) is 72.0 Å². The predicted molar refractivity (Wildman–Crippen MR) is 318 cm³/mol. The van der Waals surface area contributed by atoms with E-state index in [9.17, 15) is 0 Å². The van der Waals surface area contributed by atoms with Crippen LogP contribution in [0, 0.1) is 0 Å². The number of ether oxygens (including phenoxy) is 2. The number of thiophene rings is 1. The van der Waals surface area contributed by atoms with E-state index in [4.69, 9.17) is 9.47 Å². The quantitative estimate of drug-likeness (QED) is 0.161. The van der Waals surface area contributed by atoms with Gasteiger partial charge in [-0.1, -0.05) is 162 Å². The van der Waals surface area contributed by atoms with Crippen LogP contribution in [0.1, 0.15) is 51.3 Å². The molecule has 2 aromatic heterocycles. The summed E-state index contributed by atoms with van der Waals surface area (Å²) in [5.74, 6) is 2.82. The Labute approximate surface area is 446 Å². The molecule has 362 valence electrons. The molecule has 16 rings (SSSR count). The monoisotopic (exact) mass is 995 g/mol. The number of para-hydroxylation sites is 4. The summed E-state index contributed by atoms with van der Waals surface area (Å²) >= 11 is 1.91. The minimum absolute atomic E-state index is 0.0874. The first-order chi connectivity index (χ1) is 37.1. The van der Waals surface area contributed by atoms with Gasteiger partial charge < -0.3 is 23.8 Å². The maximum Gasteiger partial charge on any atom is 0.333 e. The predicted octanol–water partition coefficient (Wildman–Crippen LogP) is 18.1. The van der Waals surface area contributed by atoms with Gasteiger partial charge in [-0.15, -0.1) is 11.3 Å². The van der Waals surface area contributed by atoms with Crippen LogP contribution in [0.15, 0.2) is 212 Å². The zero-order valence-corrected chi connectivity index (χ0v) is 43.7. The lowest BCUT2D eigenvalue weighted by Gasteiger charge is -2.43. The van der Waals surface area contributed by atoms with Crippen LogP contribution in [0.4, 0.5) is 34.1 Å². The normalized spacial score (nSPS) is 14.1. The molecular weight excluding hydrogens is 946 g/mol. The van der Waals surface area contributed by atoms with Crippen LogP contribution in [0.3, 0.4) is 0 Å². The van der Waals surface area contributed by atoms with E-state index < -0.39 is 0 Å². The smallest absolute Gasteiger partial charge is 0.333 e. The average molecular weight is 996 g/mol. The molecule has 0 saturated heterocycles. The number of rotatable bonds is 5. The van der Waals surface area contributed by atoms with Gasteiger partial charge in [0.1, 0.15) is 0 Å². The molecule has 5 heterocycles. The Morgan fingerprint density at radius 1 is 0.500 bits per heavy atom. The van der Waals surface area contributed by atoms with E-state index in [-0.39, 0.29) is 17.7 Å². The first-order valence-electron chi connectivity index (χ1n) is 26.4. The zero-order chi connectivity index (χ0) is 50.8. The third-order valence-corrected chi connectivity index (χ3v) is 17.9. The Morgan fingerprint density at radius 3 is 1.87 bits per heavy atom. The first-order valence-corrected chi connectivity index (χ1v) is 27.3. The molecule has 3 aliphatic heterocycles. The highest BCUT2D eigenvalue weighted by atomic mass is 32.1. The fraction of sp³-hybridized carbons (Fsp3) is 0.101. The molecule has 12 aromatic rings. The highest BCUT2D eigenvalue weighted by molar-refractivity contribution is 7.27. The third kappa shape index (κ3) is 6.03. The molecule has 5 nitrogen and oxygen atoms in total. The van der Waals surface area contributed by atoms with Gasteiger partial charge in [0.25, 0.3) is 0 Å². The van der Waals surface area contributed by atoms with Gasteiger partial charge in [0.2, 0.25) is 0 Å². The maximum atomic E-state index is 6.95. The Kier molecular flexibility index (Phi) is 8.97. The Hall–Kier alpha value is -8.78. The number of anilines is 6. The van der Waals surface area contributed by atoms with Gasteiger partial charge in [-0.05, 0) is 134 Å². The highest BCUT2D eigenvalue weighted by Gasteiger charge is 2.50.